The molecule has 0 aliphatic heterocycles. The van der Waals surface area contributed by atoms with Crippen LogP contribution < -0.4 is 5.32 Å². The molecule has 0 spiro atoms. The number of rotatable bonds is 4. The lowest BCUT2D eigenvalue weighted by Crippen LogP contribution is -2.16. The Morgan fingerprint density at radius 2 is 1.85 bits per heavy atom. The fourth-order valence-electron chi connectivity index (χ4n) is 2.08. The second-order valence-electron chi connectivity index (χ2n) is 4.96. The number of aliphatic hydroxyl groups is 1. The molecular formula is C17H19NO2. The van der Waals surface area contributed by atoms with Crippen LogP contribution in [0.5, 0.6) is 0 Å². The zero-order chi connectivity index (χ0) is 14.5. The van der Waals surface area contributed by atoms with Crippen LogP contribution in [-0.4, -0.2) is 11.0 Å². The van der Waals surface area contributed by atoms with Gasteiger partial charge >= 0.3 is 0 Å². The number of amides is 1. The molecule has 2 aromatic rings. The Balaban J connectivity index is 2.10. The molecule has 2 N–H and O–H groups in total. The van der Waals surface area contributed by atoms with Crippen LogP contribution in [0.15, 0.2) is 42.5 Å². The predicted molar refractivity (Wildman–Crippen MR) is 80.6 cm³/mol. The van der Waals surface area contributed by atoms with E-state index in [0.717, 1.165) is 27.9 Å². The zero-order valence-corrected chi connectivity index (χ0v) is 11.8. The molecule has 3 heteroatoms. The van der Waals surface area contributed by atoms with Gasteiger partial charge in [0.2, 0.25) is 5.91 Å². The van der Waals surface area contributed by atoms with Crippen LogP contribution in [0.3, 0.4) is 0 Å². The van der Waals surface area contributed by atoms with Crippen molar-refractivity contribution < 1.29 is 9.90 Å². The maximum atomic E-state index is 12.1. The van der Waals surface area contributed by atoms with Crippen molar-refractivity contribution in [1.29, 1.82) is 0 Å². The van der Waals surface area contributed by atoms with Gasteiger partial charge in [-0.3, -0.25) is 4.79 Å². The first-order valence-corrected chi connectivity index (χ1v) is 6.65. The minimum atomic E-state index is -0.0440. The Morgan fingerprint density at radius 3 is 2.55 bits per heavy atom. The fraction of sp³-hybridized carbons (Fsp3) is 0.235. The third-order valence-electron chi connectivity index (χ3n) is 3.37. The van der Waals surface area contributed by atoms with Crippen molar-refractivity contribution in [2.24, 2.45) is 0 Å². The molecule has 3 nitrogen and oxygen atoms in total. The highest BCUT2D eigenvalue weighted by Gasteiger charge is 2.08. The van der Waals surface area contributed by atoms with Crippen LogP contribution in [0, 0.1) is 13.8 Å². The van der Waals surface area contributed by atoms with E-state index in [1.165, 1.54) is 0 Å². The Bertz CT molecular complexity index is 620. The summed E-state index contributed by atoms with van der Waals surface area (Å²) >= 11 is 0. The molecule has 0 heterocycles. The van der Waals surface area contributed by atoms with Crippen LogP contribution in [0.25, 0.3) is 0 Å². The summed E-state index contributed by atoms with van der Waals surface area (Å²) in [6, 6.07) is 13.4. The smallest absolute Gasteiger partial charge is 0.228 e. The van der Waals surface area contributed by atoms with Gasteiger partial charge in [0, 0.05) is 5.69 Å². The van der Waals surface area contributed by atoms with E-state index in [2.05, 4.69) is 5.32 Å². The lowest BCUT2D eigenvalue weighted by Gasteiger charge is -2.11. The summed E-state index contributed by atoms with van der Waals surface area (Å²) in [6.07, 6.45) is 0.357. The number of hydrogen-bond donors (Lipinski definition) is 2. The van der Waals surface area contributed by atoms with Gasteiger partial charge in [-0.25, -0.2) is 0 Å². The molecule has 2 rings (SSSR count). The molecule has 20 heavy (non-hydrogen) atoms. The quantitative estimate of drug-likeness (QED) is 0.896. The fourth-order valence-corrected chi connectivity index (χ4v) is 2.08. The van der Waals surface area contributed by atoms with Gasteiger partial charge in [-0.1, -0.05) is 36.4 Å². The highest BCUT2D eigenvalue weighted by molar-refractivity contribution is 5.93. The molecule has 104 valence electrons. The van der Waals surface area contributed by atoms with Gasteiger partial charge < -0.3 is 10.4 Å². The number of anilines is 1. The van der Waals surface area contributed by atoms with E-state index in [1.807, 2.05) is 56.3 Å². The van der Waals surface area contributed by atoms with Crippen molar-refractivity contribution in [2.45, 2.75) is 26.9 Å². The van der Waals surface area contributed by atoms with Gasteiger partial charge in [0.05, 0.1) is 13.0 Å². The number of aryl methyl sites for hydroxylation is 2. The number of hydrogen-bond acceptors (Lipinski definition) is 2. The molecule has 0 radical (unpaired) electrons. The van der Waals surface area contributed by atoms with Crippen molar-refractivity contribution in [2.75, 3.05) is 5.32 Å². The summed E-state index contributed by atoms with van der Waals surface area (Å²) in [5.41, 5.74) is 4.68. The third-order valence-corrected chi connectivity index (χ3v) is 3.37. The van der Waals surface area contributed by atoms with E-state index < -0.39 is 0 Å². The Kier molecular flexibility index (Phi) is 4.53. The molecule has 0 aliphatic carbocycles. The minimum Gasteiger partial charge on any atom is -0.392 e. The Morgan fingerprint density at radius 1 is 1.10 bits per heavy atom. The Hall–Kier alpha value is -2.13. The first-order chi connectivity index (χ1) is 9.60. The Labute approximate surface area is 119 Å². The molecule has 1 amide bonds. The van der Waals surface area contributed by atoms with Crippen LogP contribution in [-0.2, 0) is 17.8 Å². The zero-order valence-electron chi connectivity index (χ0n) is 11.8. The summed E-state index contributed by atoms with van der Waals surface area (Å²) in [4.78, 5) is 12.1. The molecule has 0 aliphatic rings. The van der Waals surface area contributed by atoms with Gasteiger partial charge in [0.25, 0.3) is 0 Å². The van der Waals surface area contributed by atoms with E-state index in [0.29, 0.717) is 6.42 Å². The SMILES string of the molecule is Cc1ccccc1CC(=O)Nc1cc(CO)ccc1C. The van der Waals surface area contributed by atoms with E-state index in [9.17, 15) is 4.79 Å². The maximum Gasteiger partial charge on any atom is 0.228 e. The first-order valence-electron chi connectivity index (χ1n) is 6.65. The van der Waals surface area contributed by atoms with Crippen LogP contribution in [0.1, 0.15) is 22.3 Å². The van der Waals surface area contributed by atoms with Crippen molar-refractivity contribution >= 4 is 11.6 Å². The number of nitrogens with one attached hydrogen (secondary N) is 1. The second-order valence-corrected chi connectivity index (χ2v) is 4.96. The average Bonchev–Trinajstić information content (AvgIpc) is 2.44. The molecule has 0 atom stereocenters. The minimum absolute atomic E-state index is 0.0268. The van der Waals surface area contributed by atoms with Crippen LogP contribution >= 0.6 is 0 Å². The van der Waals surface area contributed by atoms with Gasteiger partial charge in [-0.2, -0.15) is 0 Å². The van der Waals surface area contributed by atoms with E-state index in [4.69, 9.17) is 5.11 Å². The highest BCUT2D eigenvalue weighted by Crippen LogP contribution is 2.18. The average molecular weight is 269 g/mol. The molecule has 2 aromatic carbocycles. The molecular weight excluding hydrogens is 250 g/mol. The largest absolute Gasteiger partial charge is 0.392 e. The van der Waals surface area contributed by atoms with E-state index in [1.54, 1.807) is 0 Å². The van der Waals surface area contributed by atoms with Gasteiger partial charge in [-0.05, 0) is 42.2 Å². The lowest BCUT2D eigenvalue weighted by molar-refractivity contribution is -0.115. The summed E-state index contributed by atoms with van der Waals surface area (Å²) < 4.78 is 0. The van der Waals surface area contributed by atoms with Crippen LogP contribution in [0.2, 0.25) is 0 Å². The first kappa shape index (κ1) is 14.3. The topological polar surface area (TPSA) is 49.3 Å². The summed E-state index contributed by atoms with van der Waals surface area (Å²) in [6.45, 7) is 3.91. The lowest BCUT2D eigenvalue weighted by atomic mass is 10.1. The van der Waals surface area contributed by atoms with Crippen molar-refractivity contribution in [3.8, 4) is 0 Å². The van der Waals surface area contributed by atoms with E-state index >= 15 is 0 Å². The molecule has 0 saturated carbocycles. The standard InChI is InChI=1S/C17H19NO2/c1-12-5-3-4-6-15(12)10-17(20)18-16-9-14(11-19)8-7-13(16)2/h3-9,19H,10-11H2,1-2H3,(H,18,20). The number of carbonyl (C=O) groups is 1. The second kappa shape index (κ2) is 6.35. The monoisotopic (exact) mass is 269 g/mol. The number of benzene rings is 2. The van der Waals surface area contributed by atoms with E-state index in [-0.39, 0.29) is 12.5 Å². The molecule has 0 bridgehead atoms. The summed E-state index contributed by atoms with van der Waals surface area (Å²) in [5, 5.41) is 12.1. The van der Waals surface area contributed by atoms with Gasteiger partial charge in [0.15, 0.2) is 0 Å². The van der Waals surface area contributed by atoms with Gasteiger partial charge in [-0.15, -0.1) is 0 Å². The maximum absolute atomic E-state index is 12.1. The van der Waals surface area contributed by atoms with Crippen LogP contribution in [0.4, 0.5) is 5.69 Å². The summed E-state index contributed by atoms with van der Waals surface area (Å²) in [5.74, 6) is -0.0440. The van der Waals surface area contributed by atoms with Crippen molar-refractivity contribution in [3.63, 3.8) is 0 Å². The molecule has 0 saturated heterocycles. The third kappa shape index (κ3) is 3.45. The highest BCUT2D eigenvalue weighted by atomic mass is 16.3. The number of carbonyl (C=O) groups excluding carboxylic acids is 1. The molecule has 0 unspecified atom stereocenters. The molecule has 0 fully saturated rings. The normalized spacial score (nSPS) is 10.3. The summed E-state index contributed by atoms with van der Waals surface area (Å²) in [7, 11) is 0. The molecule has 0 aromatic heterocycles. The number of aliphatic hydroxyl groups excluding tert-OH is 1. The van der Waals surface area contributed by atoms with Gasteiger partial charge in [0.1, 0.15) is 0 Å². The predicted octanol–water partition coefficient (Wildman–Crippen LogP) is 2.98. The van der Waals surface area contributed by atoms with Crippen molar-refractivity contribution in [1.82, 2.24) is 0 Å². The van der Waals surface area contributed by atoms with Crippen molar-refractivity contribution in [3.05, 3.63) is 64.7 Å².